The number of ether oxygens (including phenoxy) is 1. The lowest BCUT2D eigenvalue weighted by Crippen LogP contribution is -2.07. The molecule has 0 N–H and O–H groups in total. The summed E-state index contributed by atoms with van der Waals surface area (Å²) in [6, 6.07) is 1.95. The fraction of sp³-hybridized carbons (Fsp3) is 0.294. The van der Waals surface area contributed by atoms with Crippen LogP contribution in [0, 0.1) is 6.92 Å². The largest absolute Gasteiger partial charge is 0.479 e. The molecule has 4 aromatic heterocycles. The molecule has 0 saturated carbocycles. The Morgan fingerprint density at radius 1 is 1.29 bits per heavy atom. The number of fused-ring (bicyclic) bond motifs is 1. The second kappa shape index (κ2) is 7.05. The lowest BCUT2D eigenvalue weighted by Gasteiger charge is -2.08. The number of hydrogen-bond donors (Lipinski definition) is 0. The van der Waals surface area contributed by atoms with Gasteiger partial charge in [0.2, 0.25) is 11.7 Å². The van der Waals surface area contributed by atoms with Crippen LogP contribution in [0.15, 0.2) is 36.0 Å². The SMILES string of the molecule is COc1nc(-c2nccn2CCN=[N+]=[N-])nn2cc(-c3ccn(C)n3)c(C)c12. The highest BCUT2D eigenvalue weighted by molar-refractivity contribution is 5.77. The van der Waals surface area contributed by atoms with Crippen LogP contribution < -0.4 is 4.74 Å². The molecule has 0 amide bonds. The molecule has 0 saturated heterocycles. The van der Waals surface area contributed by atoms with Crippen LogP contribution in [0.25, 0.3) is 38.9 Å². The van der Waals surface area contributed by atoms with Gasteiger partial charge in [-0.1, -0.05) is 5.11 Å². The zero-order valence-corrected chi connectivity index (χ0v) is 15.7. The minimum Gasteiger partial charge on any atom is -0.479 e. The summed E-state index contributed by atoms with van der Waals surface area (Å²) in [7, 11) is 3.45. The van der Waals surface area contributed by atoms with Gasteiger partial charge in [-0.3, -0.25) is 4.68 Å². The van der Waals surface area contributed by atoms with Crippen LogP contribution in [-0.4, -0.2) is 47.6 Å². The molecule has 0 bridgehead atoms. The van der Waals surface area contributed by atoms with E-state index in [0.29, 0.717) is 30.6 Å². The number of aromatic nitrogens is 7. The number of hydrogen-bond acceptors (Lipinski definition) is 6. The van der Waals surface area contributed by atoms with Crippen LogP contribution >= 0.6 is 0 Å². The first-order valence-electron chi connectivity index (χ1n) is 8.58. The van der Waals surface area contributed by atoms with E-state index in [1.807, 2.05) is 37.0 Å². The topological polar surface area (TPSA) is 124 Å². The summed E-state index contributed by atoms with van der Waals surface area (Å²) in [6.07, 6.45) is 7.26. The van der Waals surface area contributed by atoms with E-state index in [-0.39, 0.29) is 0 Å². The van der Waals surface area contributed by atoms with Crippen LogP contribution in [-0.2, 0) is 13.6 Å². The number of methoxy groups -OCH3 is 1. The Morgan fingerprint density at radius 3 is 2.86 bits per heavy atom. The highest BCUT2D eigenvalue weighted by Gasteiger charge is 2.20. The molecule has 0 atom stereocenters. The first-order valence-corrected chi connectivity index (χ1v) is 8.58. The quantitative estimate of drug-likeness (QED) is 0.290. The van der Waals surface area contributed by atoms with E-state index >= 15 is 0 Å². The second-order valence-electron chi connectivity index (χ2n) is 6.18. The van der Waals surface area contributed by atoms with Crippen LogP contribution in [0.2, 0.25) is 0 Å². The van der Waals surface area contributed by atoms with Gasteiger partial charge >= 0.3 is 0 Å². The summed E-state index contributed by atoms with van der Waals surface area (Å²) >= 11 is 0. The number of rotatable bonds is 6. The minimum absolute atomic E-state index is 0.311. The third-order valence-corrected chi connectivity index (χ3v) is 4.45. The smallest absolute Gasteiger partial charge is 0.242 e. The molecule has 0 unspecified atom stereocenters. The summed E-state index contributed by atoms with van der Waals surface area (Å²) in [5, 5.41) is 12.7. The highest BCUT2D eigenvalue weighted by atomic mass is 16.5. The predicted octanol–water partition coefficient (Wildman–Crippen LogP) is 2.62. The predicted molar refractivity (Wildman–Crippen MR) is 102 cm³/mol. The van der Waals surface area contributed by atoms with E-state index < -0.39 is 0 Å². The van der Waals surface area contributed by atoms with Crippen molar-refractivity contribution >= 4 is 5.52 Å². The maximum atomic E-state index is 8.47. The van der Waals surface area contributed by atoms with Gasteiger partial charge in [0.15, 0.2) is 5.82 Å². The third kappa shape index (κ3) is 2.93. The Morgan fingerprint density at radius 2 is 2.14 bits per heavy atom. The molecule has 4 rings (SSSR count). The Labute approximate surface area is 159 Å². The van der Waals surface area contributed by atoms with Gasteiger partial charge in [-0.2, -0.15) is 10.1 Å². The zero-order chi connectivity index (χ0) is 19.7. The molecule has 28 heavy (non-hydrogen) atoms. The molecular weight excluding hydrogens is 360 g/mol. The number of aryl methyl sites for hydroxylation is 2. The van der Waals surface area contributed by atoms with Gasteiger partial charge in [-0.15, -0.1) is 5.10 Å². The van der Waals surface area contributed by atoms with E-state index in [4.69, 9.17) is 10.3 Å². The van der Waals surface area contributed by atoms with Gasteiger partial charge < -0.3 is 9.30 Å². The molecular formula is C17H18N10O. The van der Waals surface area contributed by atoms with Crippen molar-refractivity contribution in [2.24, 2.45) is 12.2 Å². The summed E-state index contributed by atoms with van der Waals surface area (Å²) in [5.41, 5.74) is 12.0. The van der Waals surface area contributed by atoms with Crippen molar-refractivity contribution in [3.63, 3.8) is 0 Å². The maximum Gasteiger partial charge on any atom is 0.242 e. The molecule has 11 nitrogen and oxygen atoms in total. The van der Waals surface area contributed by atoms with Crippen molar-refractivity contribution in [1.29, 1.82) is 0 Å². The normalized spacial score (nSPS) is 11.0. The second-order valence-corrected chi connectivity index (χ2v) is 6.18. The van der Waals surface area contributed by atoms with E-state index in [1.54, 1.807) is 28.7 Å². The van der Waals surface area contributed by atoms with Gasteiger partial charge in [0.1, 0.15) is 5.52 Å². The standard InChI is InChI=1S/C17H18N10O/c1-11-12(13-4-7-25(2)22-13)10-27-14(11)17(28-3)21-15(23-27)16-19-5-8-26(16)9-6-20-24-18/h4-5,7-8,10H,6,9H2,1-3H3. The number of azide groups is 1. The molecule has 0 aromatic carbocycles. The van der Waals surface area contributed by atoms with Gasteiger partial charge in [-0.05, 0) is 24.1 Å². The van der Waals surface area contributed by atoms with Gasteiger partial charge in [0.25, 0.3) is 0 Å². The Hall–Kier alpha value is -3.85. The molecule has 0 aliphatic heterocycles. The maximum absolute atomic E-state index is 8.47. The van der Waals surface area contributed by atoms with Gasteiger partial charge in [0.05, 0.1) is 12.8 Å². The van der Waals surface area contributed by atoms with Crippen LogP contribution in [0.5, 0.6) is 5.88 Å². The summed E-state index contributed by atoms with van der Waals surface area (Å²) in [5.74, 6) is 1.44. The van der Waals surface area contributed by atoms with Crippen molar-refractivity contribution in [3.05, 3.63) is 46.9 Å². The fourth-order valence-electron chi connectivity index (χ4n) is 3.14. The molecule has 4 heterocycles. The van der Waals surface area contributed by atoms with E-state index in [2.05, 4.69) is 30.2 Å². The molecule has 0 fully saturated rings. The summed E-state index contributed by atoms with van der Waals surface area (Å²) < 4.78 is 10.9. The van der Waals surface area contributed by atoms with Crippen LogP contribution in [0.1, 0.15) is 5.56 Å². The third-order valence-electron chi connectivity index (χ3n) is 4.45. The molecule has 0 spiro atoms. The first kappa shape index (κ1) is 17.6. The average Bonchev–Trinajstić information content (AvgIpc) is 3.40. The van der Waals surface area contributed by atoms with E-state index in [0.717, 1.165) is 22.3 Å². The number of nitrogens with zero attached hydrogens (tertiary/aromatic N) is 10. The van der Waals surface area contributed by atoms with Crippen molar-refractivity contribution in [3.8, 4) is 28.8 Å². The van der Waals surface area contributed by atoms with Crippen molar-refractivity contribution in [1.82, 2.24) is 33.9 Å². The molecule has 4 aromatic rings. The van der Waals surface area contributed by atoms with E-state index in [9.17, 15) is 0 Å². The Kier molecular flexibility index (Phi) is 4.42. The fourth-order valence-corrected chi connectivity index (χ4v) is 3.14. The van der Waals surface area contributed by atoms with Gasteiger partial charge in [-0.25, -0.2) is 9.50 Å². The van der Waals surface area contributed by atoms with Crippen LogP contribution in [0.3, 0.4) is 0 Å². The zero-order valence-electron chi connectivity index (χ0n) is 15.7. The highest BCUT2D eigenvalue weighted by Crippen LogP contribution is 2.31. The number of imidazole rings is 1. The van der Waals surface area contributed by atoms with Crippen molar-refractivity contribution < 1.29 is 4.74 Å². The molecule has 0 radical (unpaired) electrons. The Balaban J connectivity index is 1.84. The average molecular weight is 378 g/mol. The molecule has 142 valence electrons. The molecule has 0 aliphatic carbocycles. The first-order chi connectivity index (χ1) is 13.6. The summed E-state index contributed by atoms with van der Waals surface area (Å²) in [4.78, 5) is 11.7. The molecule has 11 heteroatoms. The summed E-state index contributed by atoms with van der Waals surface area (Å²) in [6.45, 7) is 2.78. The van der Waals surface area contributed by atoms with Crippen molar-refractivity contribution in [2.45, 2.75) is 13.5 Å². The monoisotopic (exact) mass is 378 g/mol. The lowest BCUT2D eigenvalue weighted by molar-refractivity contribution is 0.399. The van der Waals surface area contributed by atoms with Crippen molar-refractivity contribution in [2.75, 3.05) is 13.7 Å². The molecule has 0 aliphatic rings. The minimum atomic E-state index is 0.311. The lowest BCUT2D eigenvalue weighted by atomic mass is 10.1. The van der Waals surface area contributed by atoms with E-state index in [1.165, 1.54) is 0 Å². The van der Waals surface area contributed by atoms with Gasteiger partial charge in [0, 0.05) is 55.4 Å². The van der Waals surface area contributed by atoms with Crippen LogP contribution in [0.4, 0.5) is 0 Å². The Bertz CT molecular complexity index is 1190.